The third-order valence-corrected chi connectivity index (χ3v) is 5.43. The molecule has 1 N–H and O–H groups in total. The van der Waals surface area contributed by atoms with Crippen LogP contribution in [0.4, 0.5) is 11.4 Å². The Balaban J connectivity index is 1.83. The molecule has 0 saturated carbocycles. The van der Waals surface area contributed by atoms with Gasteiger partial charge in [0.1, 0.15) is 5.70 Å². The van der Waals surface area contributed by atoms with E-state index in [-0.39, 0.29) is 11.6 Å². The number of anilines is 2. The summed E-state index contributed by atoms with van der Waals surface area (Å²) in [7, 11) is 0. The predicted molar refractivity (Wildman–Crippen MR) is 110 cm³/mol. The van der Waals surface area contributed by atoms with E-state index >= 15 is 0 Å². The lowest BCUT2D eigenvalue weighted by atomic mass is 10.1. The lowest BCUT2D eigenvalue weighted by molar-refractivity contribution is -0.120. The first-order chi connectivity index (χ1) is 13.1. The maximum absolute atomic E-state index is 13.2. The van der Waals surface area contributed by atoms with Crippen molar-refractivity contribution in [2.75, 3.05) is 10.2 Å². The van der Waals surface area contributed by atoms with Crippen molar-refractivity contribution in [2.24, 2.45) is 0 Å². The molecule has 0 radical (unpaired) electrons. The van der Waals surface area contributed by atoms with E-state index in [2.05, 4.69) is 5.32 Å². The summed E-state index contributed by atoms with van der Waals surface area (Å²) >= 11 is 7.54. The number of amides is 2. The highest BCUT2D eigenvalue weighted by molar-refractivity contribution is 7.11. The van der Waals surface area contributed by atoms with Gasteiger partial charge in [-0.1, -0.05) is 41.9 Å². The molecule has 6 heteroatoms. The molecule has 134 valence electrons. The van der Waals surface area contributed by atoms with E-state index in [1.54, 1.807) is 18.2 Å². The first-order valence-corrected chi connectivity index (χ1v) is 9.57. The van der Waals surface area contributed by atoms with Gasteiger partial charge < -0.3 is 5.32 Å². The number of hydrogen-bond donors (Lipinski definition) is 1. The zero-order valence-corrected chi connectivity index (χ0v) is 16.0. The summed E-state index contributed by atoms with van der Waals surface area (Å²) in [6.07, 6.45) is 0. The number of benzene rings is 2. The highest BCUT2D eigenvalue weighted by Crippen LogP contribution is 2.37. The van der Waals surface area contributed by atoms with Gasteiger partial charge in [-0.2, -0.15) is 0 Å². The Kier molecular flexibility index (Phi) is 4.56. The second-order valence-electron chi connectivity index (χ2n) is 6.09. The third kappa shape index (κ3) is 3.16. The number of halogens is 1. The van der Waals surface area contributed by atoms with E-state index in [1.807, 2.05) is 54.8 Å². The molecule has 0 saturated heterocycles. The van der Waals surface area contributed by atoms with Crippen LogP contribution in [0.2, 0.25) is 5.02 Å². The number of thiophene rings is 1. The van der Waals surface area contributed by atoms with Gasteiger partial charge in [0.15, 0.2) is 0 Å². The number of para-hydroxylation sites is 1. The minimum Gasteiger partial charge on any atom is -0.350 e. The molecule has 0 spiro atoms. The van der Waals surface area contributed by atoms with Gasteiger partial charge in [-0.3, -0.25) is 9.59 Å². The first-order valence-electron chi connectivity index (χ1n) is 8.31. The molecule has 27 heavy (non-hydrogen) atoms. The molecule has 0 fully saturated rings. The normalized spacial score (nSPS) is 14.2. The second kappa shape index (κ2) is 7.02. The molecule has 1 aliphatic rings. The molecule has 0 bridgehead atoms. The Bertz CT molecular complexity index is 1060. The van der Waals surface area contributed by atoms with E-state index in [0.29, 0.717) is 16.3 Å². The molecule has 4 nitrogen and oxygen atoms in total. The zero-order chi connectivity index (χ0) is 19.0. The SMILES string of the molecule is Cc1ccc(Cl)cc1N1C(=O)C(Nc2ccccc2)=C(c2cccs2)C1=O. The monoisotopic (exact) mass is 394 g/mol. The van der Waals surface area contributed by atoms with Crippen LogP contribution in [0, 0.1) is 6.92 Å². The van der Waals surface area contributed by atoms with Crippen LogP contribution in [0.15, 0.2) is 71.7 Å². The largest absolute Gasteiger partial charge is 0.350 e. The molecule has 1 aliphatic heterocycles. The number of nitrogens with zero attached hydrogens (tertiary/aromatic N) is 1. The van der Waals surface area contributed by atoms with E-state index in [4.69, 9.17) is 11.6 Å². The van der Waals surface area contributed by atoms with Crippen molar-refractivity contribution in [3.8, 4) is 0 Å². The van der Waals surface area contributed by atoms with Crippen molar-refractivity contribution >= 4 is 51.7 Å². The van der Waals surface area contributed by atoms with Gasteiger partial charge in [0.25, 0.3) is 11.8 Å². The van der Waals surface area contributed by atoms with E-state index < -0.39 is 5.91 Å². The predicted octanol–water partition coefficient (Wildman–Crippen LogP) is 5.11. The minimum atomic E-state index is -0.391. The standard InChI is InChI=1S/C21H15ClN2O2S/c1-13-9-10-14(22)12-16(13)24-20(25)18(17-8-5-11-27-17)19(21(24)26)23-15-6-3-2-4-7-15/h2-12,23H,1H3. The van der Waals surface area contributed by atoms with Crippen LogP contribution in [0.1, 0.15) is 10.4 Å². The molecule has 0 atom stereocenters. The molecule has 3 aromatic rings. The van der Waals surface area contributed by atoms with Crippen LogP contribution in [0.3, 0.4) is 0 Å². The summed E-state index contributed by atoms with van der Waals surface area (Å²) in [5, 5.41) is 5.49. The number of aryl methyl sites for hydroxylation is 1. The van der Waals surface area contributed by atoms with Crippen LogP contribution in [0.5, 0.6) is 0 Å². The first kappa shape index (κ1) is 17.5. The molecule has 4 rings (SSSR count). The number of rotatable bonds is 4. The average molecular weight is 395 g/mol. The number of hydrogen-bond acceptors (Lipinski definition) is 4. The lowest BCUT2D eigenvalue weighted by Crippen LogP contribution is -2.33. The number of nitrogens with one attached hydrogen (secondary N) is 1. The summed E-state index contributed by atoms with van der Waals surface area (Å²) < 4.78 is 0. The molecule has 2 heterocycles. The van der Waals surface area contributed by atoms with Gasteiger partial charge in [0, 0.05) is 15.6 Å². The molecular weight excluding hydrogens is 380 g/mol. The molecular formula is C21H15ClN2O2S. The Labute approximate surface area is 165 Å². The number of imide groups is 1. The minimum absolute atomic E-state index is 0.271. The van der Waals surface area contributed by atoms with E-state index in [1.165, 1.54) is 16.2 Å². The second-order valence-corrected chi connectivity index (χ2v) is 7.48. The van der Waals surface area contributed by atoms with Crippen molar-refractivity contribution in [3.05, 3.63) is 87.2 Å². The summed E-state index contributed by atoms with van der Waals surface area (Å²) in [6.45, 7) is 1.85. The Morgan fingerprint density at radius 3 is 2.44 bits per heavy atom. The average Bonchev–Trinajstić information content (AvgIpc) is 3.26. The molecule has 2 aromatic carbocycles. The quantitative estimate of drug-likeness (QED) is 0.626. The third-order valence-electron chi connectivity index (χ3n) is 4.31. The fourth-order valence-electron chi connectivity index (χ4n) is 3.00. The van der Waals surface area contributed by atoms with E-state index in [0.717, 1.165) is 16.1 Å². The molecule has 1 aromatic heterocycles. The Hall–Kier alpha value is -2.89. The van der Waals surface area contributed by atoms with Crippen molar-refractivity contribution in [1.29, 1.82) is 0 Å². The Morgan fingerprint density at radius 2 is 1.74 bits per heavy atom. The van der Waals surface area contributed by atoms with Crippen molar-refractivity contribution in [2.45, 2.75) is 6.92 Å². The van der Waals surface area contributed by atoms with Crippen molar-refractivity contribution < 1.29 is 9.59 Å². The summed E-state index contributed by atoms with van der Waals surface area (Å²) in [4.78, 5) is 28.4. The molecule has 0 unspecified atom stereocenters. The lowest BCUT2D eigenvalue weighted by Gasteiger charge is -2.18. The van der Waals surface area contributed by atoms with Gasteiger partial charge in [-0.05, 0) is 48.2 Å². The topological polar surface area (TPSA) is 49.4 Å². The van der Waals surface area contributed by atoms with Gasteiger partial charge in [0.05, 0.1) is 11.3 Å². The molecule has 2 amide bonds. The Morgan fingerprint density at radius 1 is 0.963 bits per heavy atom. The van der Waals surface area contributed by atoms with E-state index in [9.17, 15) is 9.59 Å². The highest BCUT2D eigenvalue weighted by atomic mass is 35.5. The zero-order valence-electron chi connectivity index (χ0n) is 14.4. The smallest absolute Gasteiger partial charge is 0.282 e. The van der Waals surface area contributed by atoms with Crippen molar-refractivity contribution in [3.63, 3.8) is 0 Å². The highest BCUT2D eigenvalue weighted by Gasteiger charge is 2.41. The summed E-state index contributed by atoms with van der Waals surface area (Å²) in [5.74, 6) is -0.746. The van der Waals surface area contributed by atoms with Gasteiger partial charge in [-0.15, -0.1) is 11.3 Å². The van der Waals surface area contributed by atoms with Gasteiger partial charge in [0.2, 0.25) is 0 Å². The molecule has 0 aliphatic carbocycles. The van der Waals surface area contributed by atoms with Crippen LogP contribution in [0.25, 0.3) is 5.57 Å². The van der Waals surface area contributed by atoms with Crippen LogP contribution in [-0.2, 0) is 9.59 Å². The van der Waals surface area contributed by atoms with Crippen molar-refractivity contribution in [1.82, 2.24) is 0 Å². The van der Waals surface area contributed by atoms with Gasteiger partial charge >= 0.3 is 0 Å². The van der Waals surface area contributed by atoms with Crippen LogP contribution in [-0.4, -0.2) is 11.8 Å². The van der Waals surface area contributed by atoms with Crippen LogP contribution < -0.4 is 10.2 Å². The maximum Gasteiger partial charge on any atom is 0.282 e. The fraction of sp³-hybridized carbons (Fsp3) is 0.0476. The number of carbonyl (C=O) groups is 2. The maximum atomic E-state index is 13.2. The summed E-state index contributed by atoms with van der Waals surface area (Å²) in [6, 6.07) is 18.2. The number of carbonyl (C=O) groups excluding carboxylic acids is 2. The van der Waals surface area contributed by atoms with Crippen LogP contribution >= 0.6 is 22.9 Å². The fourth-order valence-corrected chi connectivity index (χ4v) is 3.94. The summed E-state index contributed by atoms with van der Waals surface area (Å²) in [5.41, 5.74) is 2.68. The van der Waals surface area contributed by atoms with Gasteiger partial charge in [-0.25, -0.2) is 4.90 Å².